The van der Waals surface area contributed by atoms with Crippen molar-refractivity contribution in [2.75, 3.05) is 20.7 Å². The fourth-order valence-corrected chi connectivity index (χ4v) is 1.93. The molecule has 124 valence electrons. The smallest absolute Gasteiger partial charge is 0.251 e. The third-order valence-corrected chi connectivity index (χ3v) is 3.28. The van der Waals surface area contributed by atoms with Crippen LogP contribution in [0.1, 0.15) is 36.2 Å². The van der Waals surface area contributed by atoms with Gasteiger partial charge in [0.05, 0.1) is 6.61 Å². The number of hydrogen-bond acceptors (Lipinski definition) is 3. The number of aliphatic hydroxyl groups is 1. The maximum atomic E-state index is 12.0. The summed E-state index contributed by atoms with van der Waals surface area (Å²) in [4.78, 5) is 25.3. The van der Waals surface area contributed by atoms with Gasteiger partial charge in [-0.2, -0.15) is 0 Å². The zero-order valence-corrected chi connectivity index (χ0v) is 14.1. The Morgan fingerprint density at radius 3 is 2.61 bits per heavy atom. The molecule has 2 N–H and O–H groups in total. The van der Waals surface area contributed by atoms with Crippen molar-refractivity contribution in [1.82, 2.24) is 10.2 Å². The number of carbonyl (C=O) groups is 2. The molecule has 0 aromatic heterocycles. The van der Waals surface area contributed by atoms with E-state index in [9.17, 15) is 9.59 Å². The number of hydrogen-bond donors (Lipinski definition) is 2. The molecule has 0 fully saturated rings. The van der Waals surface area contributed by atoms with Crippen LogP contribution in [0.5, 0.6) is 0 Å². The third kappa shape index (κ3) is 6.13. The van der Waals surface area contributed by atoms with Crippen LogP contribution in [0.15, 0.2) is 24.3 Å². The number of rotatable bonds is 5. The van der Waals surface area contributed by atoms with Gasteiger partial charge in [0.15, 0.2) is 0 Å². The normalized spacial score (nSPS) is 12.6. The van der Waals surface area contributed by atoms with Crippen LogP contribution in [0.3, 0.4) is 0 Å². The highest BCUT2D eigenvalue weighted by molar-refractivity contribution is 5.94. The van der Waals surface area contributed by atoms with Gasteiger partial charge >= 0.3 is 0 Å². The monoisotopic (exact) mass is 316 g/mol. The summed E-state index contributed by atoms with van der Waals surface area (Å²) in [5.41, 5.74) is 1.22. The lowest BCUT2D eigenvalue weighted by molar-refractivity contribution is -0.132. The van der Waals surface area contributed by atoms with Crippen molar-refractivity contribution in [2.45, 2.75) is 26.3 Å². The molecular formula is C18H24N2O3. The lowest BCUT2D eigenvalue weighted by Crippen LogP contribution is -2.34. The second-order valence-corrected chi connectivity index (χ2v) is 5.78. The average molecular weight is 316 g/mol. The molecule has 0 heterocycles. The molecule has 0 radical (unpaired) electrons. The maximum absolute atomic E-state index is 12.0. The lowest BCUT2D eigenvalue weighted by Gasteiger charge is -2.14. The molecular weight excluding hydrogens is 292 g/mol. The molecule has 5 heteroatoms. The van der Waals surface area contributed by atoms with Crippen molar-refractivity contribution in [3.8, 4) is 11.8 Å². The van der Waals surface area contributed by atoms with Crippen LogP contribution in [-0.4, -0.2) is 48.6 Å². The molecule has 1 aromatic rings. The molecule has 0 saturated carbocycles. The lowest BCUT2D eigenvalue weighted by atomic mass is 10.1. The molecule has 23 heavy (non-hydrogen) atoms. The van der Waals surface area contributed by atoms with Crippen LogP contribution < -0.4 is 5.32 Å². The summed E-state index contributed by atoms with van der Waals surface area (Å²) in [5.74, 6) is 5.61. The predicted molar refractivity (Wildman–Crippen MR) is 89.8 cm³/mol. The van der Waals surface area contributed by atoms with Gasteiger partial charge < -0.3 is 15.3 Å². The zero-order chi connectivity index (χ0) is 17.4. The van der Waals surface area contributed by atoms with Gasteiger partial charge in [0.1, 0.15) is 0 Å². The van der Waals surface area contributed by atoms with E-state index in [0.29, 0.717) is 12.0 Å². The van der Waals surface area contributed by atoms with E-state index in [2.05, 4.69) is 17.2 Å². The van der Waals surface area contributed by atoms with E-state index >= 15 is 0 Å². The number of amides is 2. The average Bonchev–Trinajstić information content (AvgIpc) is 2.53. The molecule has 2 amide bonds. The minimum Gasteiger partial charge on any atom is -0.394 e. The van der Waals surface area contributed by atoms with Gasteiger partial charge in [-0.3, -0.25) is 9.59 Å². The standard InChI is InChI=1S/C18H24N2O3/c1-13(18(23)20(3)4)7-5-8-15-9-6-10-16(11-15)17(22)19-14(2)12-21/h6,9-11,13-14,21H,7,12H2,1-4H3,(H,19,22). The number of aliphatic hydroxyl groups excluding tert-OH is 1. The van der Waals surface area contributed by atoms with Crippen LogP contribution in [0.25, 0.3) is 0 Å². The summed E-state index contributed by atoms with van der Waals surface area (Å²) in [5, 5.41) is 11.7. The Hall–Kier alpha value is -2.32. The van der Waals surface area contributed by atoms with Crippen molar-refractivity contribution < 1.29 is 14.7 Å². The molecule has 0 spiro atoms. The van der Waals surface area contributed by atoms with E-state index in [1.165, 1.54) is 0 Å². The van der Waals surface area contributed by atoms with E-state index in [4.69, 9.17) is 5.11 Å². The first-order chi connectivity index (χ1) is 10.8. The summed E-state index contributed by atoms with van der Waals surface area (Å²) in [6.45, 7) is 3.46. The Morgan fingerprint density at radius 2 is 2.00 bits per heavy atom. The van der Waals surface area contributed by atoms with Gasteiger partial charge in [-0.25, -0.2) is 0 Å². The van der Waals surface area contributed by atoms with Crippen molar-refractivity contribution in [3.05, 3.63) is 35.4 Å². The highest BCUT2D eigenvalue weighted by Crippen LogP contribution is 2.07. The summed E-state index contributed by atoms with van der Waals surface area (Å²) < 4.78 is 0. The van der Waals surface area contributed by atoms with Gasteiger partial charge in [0, 0.05) is 43.6 Å². The van der Waals surface area contributed by atoms with Crippen LogP contribution >= 0.6 is 0 Å². The molecule has 1 aromatic carbocycles. The van der Waals surface area contributed by atoms with E-state index in [0.717, 1.165) is 5.56 Å². The Balaban J connectivity index is 2.73. The van der Waals surface area contributed by atoms with Gasteiger partial charge in [0.2, 0.25) is 5.91 Å². The summed E-state index contributed by atoms with van der Waals surface area (Å²) in [7, 11) is 3.45. The minimum atomic E-state index is -0.296. The van der Waals surface area contributed by atoms with E-state index in [1.807, 2.05) is 13.0 Å². The Morgan fingerprint density at radius 1 is 1.30 bits per heavy atom. The first kappa shape index (κ1) is 18.7. The van der Waals surface area contributed by atoms with Crippen LogP contribution in [0.4, 0.5) is 0 Å². The topological polar surface area (TPSA) is 69.6 Å². The fourth-order valence-electron chi connectivity index (χ4n) is 1.93. The van der Waals surface area contributed by atoms with Crippen molar-refractivity contribution in [2.24, 2.45) is 5.92 Å². The molecule has 0 aliphatic heterocycles. The Labute approximate surface area is 137 Å². The van der Waals surface area contributed by atoms with Crippen molar-refractivity contribution in [1.29, 1.82) is 0 Å². The SMILES string of the molecule is CC(CO)NC(=O)c1cccc(C#CCC(C)C(=O)N(C)C)c1. The van der Waals surface area contributed by atoms with Crippen molar-refractivity contribution in [3.63, 3.8) is 0 Å². The first-order valence-corrected chi connectivity index (χ1v) is 7.57. The number of nitrogens with zero attached hydrogens (tertiary/aromatic N) is 1. The van der Waals surface area contributed by atoms with Gasteiger partial charge in [0.25, 0.3) is 5.91 Å². The van der Waals surface area contributed by atoms with Crippen LogP contribution in [0, 0.1) is 17.8 Å². The predicted octanol–water partition coefficient (Wildman–Crippen LogP) is 1.26. The molecule has 2 atom stereocenters. The Bertz CT molecular complexity index is 614. The van der Waals surface area contributed by atoms with Gasteiger partial charge in [-0.05, 0) is 25.1 Å². The van der Waals surface area contributed by atoms with Crippen LogP contribution in [0.2, 0.25) is 0 Å². The second kappa shape index (κ2) is 8.96. The highest BCUT2D eigenvalue weighted by Gasteiger charge is 2.13. The van der Waals surface area contributed by atoms with Gasteiger partial charge in [-0.15, -0.1) is 0 Å². The number of carbonyl (C=O) groups excluding carboxylic acids is 2. The molecule has 0 aliphatic carbocycles. The molecule has 5 nitrogen and oxygen atoms in total. The van der Waals surface area contributed by atoms with E-state index in [-0.39, 0.29) is 30.4 Å². The largest absolute Gasteiger partial charge is 0.394 e. The summed E-state index contributed by atoms with van der Waals surface area (Å²) in [6.07, 6.45) is 0.467. The third-order valence-electron chi connectivity index (χ3n) is 3.28. The number of benzene rings is 1. The Kier molecular flexibility index (Phi) is 7.30. The number of nitrogens with one attached hydrogen (secondary N) is 1. The molecule has 1 rings (SSSR count). The summed E-state index contributed by atoms with van der Waals surface area (Å²) in [6, 6.07) is 6.68. The van der Waals surface area contributed by atoms with Crippen molar-refractivity contribution >= 4 is 11.8 Å². The zero-order valence-electron chi connectivity index (χ0n) is 14.1. The minimum absolute atomic E-state index is 0.0467. The maximum Gasteiger partial charge on any atom is 0.251 e. The van der Waals surface area contributed by atoms with Crippen LogP contribution in [-0.2, 0) is 4.79 Å². The molecule has 0 bridgehead atoms. The molecule has 0 aliphatic rings. The second-order valence-electron chi connectivity index (χ2n) is 5.78. The molecule has 0 saturated heterocycles. The van der Waals surface area contributed by atoms with Gasteiger partial charge in [-0.1, -0.05) is 24.8 Å². The fraction of sp³-hybridized carbons (Fsp3) is 0.444. The quantitative estimate of drug-likeness (QED) is 0.804. The van der Waals surface area contributed by atoms with E-state index in [1.54, 1.807) is 44.1 Å². The molecule has 2 unspecified atom stereocenters. The first-order valence-electron chi connectivity index (χ1n) is 7.57. The van der Waals surface area contributed by atoms with E-state index < -0.39 is 0 Å². The summed E-state index contributed by atoms with van der Waals surface area (Å²) >= 11 is 0. The highest BCUT2D eigenvalue weighted by atomic mass is 16.3.